The number of para-hydroxylation sites is 2. The second kappa shape index (κ2) is 7.97. The lowest BCUT2D eigenvalue weighted by Crippen LogP contribution is -2.26. The van der Waals surface area contributed by atoms with Crippen LogP contribution in [0.4, 0.5) is 0 Å². The van der Waals surface area contributed by atoms with Crippen LogP contribution in [0.1, 0.15) is 37.7 Å². The van der Waals surface area contributed by atoms with E-state index in [9.17, 15) is 4.79 Å². The van der Waals surface area contributed by atoms with Gasteiger partial charge >= 0.3 is 0 Å². The molecule has 1 amide bonds. The van der Waals surface area contributed by atoms with E-state index in [4.69, 9.17) is 4.98 Å². The van der Waals surface area contributed by atoms with Gasteiger partial charge in [0.1, 0.15) is 5.82 Å². The zero-order valence-electron chi connectivity index (χ0n) is 14.9. The molecule has 0 atom stereocenters. The van der Waals surface area contributed by atoms with Crippen LogP contribution in [-0.4, -0.2) is 22.0 Å². The first-order valence-corrected chi connectivity index (χ1v) is 8.91. The summed E-state index contributed by atoms with van der Waals surface area (Å²) in [5, 5.41) is 3.02. The molecule has 0 aliphatic rings. The number of amides is 1. The highest BCUT2D eigenvalue weighted by Crippen LogP contribution is 2.21. The molecular formula is C21H25N3O. The van der Waals surface area contributed by atoms with Gasteiger partial charge in [-0.25, -0.2) is 4.98 Å². The van der Waals surface area contributed by atoms with Crippen molar-refractivity contribution in [2.45, 2.75) is 39.2 Å². The van der Waals surface area contributed by atoms with Crippen molar-refractivity contribution in [2.75, 3.05) is 6.54 Å². The van der Waals surface area contributed by atoms with E-state index >= 15 is 0 Å². The van der Waals surface area contributed by atoms with Crippen molar-refractivity contribution < 1.29 is 4.79 Å². The third kappa shape index (κ3) is 4.27. The van der Waals surface area contributed by atoms with Crippen LogP contribution in [-0.2, 0) is 17.6 Å². The Kier molecular flexibility index (Phi) is 5.49. The molecule has 130 valence electrons. The Hall–Kier alpha value is -2.62. The molecule has 4 nitrogen and oxygen atoms in total. The largest absolute Gasteiger partial charge is 0.356 e. The van der Waals surface area contributed by atoms with Gasteiger partial charge in [0.15, 0.2) is 0 Å². The summed E-state index contributed by atoms with van der Waals surface area (Å²) < 4.78 is 2.26. The smallest absolute Gasteiger partial charge is 0.220 e. The molecule has 0 saturated heterocycles. The number of hydrogen-bond donors (Lipinski definition) is 1. The summed E-state index contributed by atoms with van der Waals surface area (Å²) in [5.41, 5.74) is 3.36. The van der Waals surface area contributed by atoms with E-state index in [-0.39, 0.29) is 5.91 Å². The van der Waals surface area contributed by atoms with Gasteiger partial charge in [0, 0.05) is 25.4 Å². The number of aromatic nitrogens is 2. The number of rotatable bonds is 7. The van der Waals surface area contributed by atoms with Crippen molar-refractivity contribution in [3.05, 3.63) is 66.0 Å². The molecule has 0 aliphatic heterocycles. The number of carbonyl (C=O) groups excluding carboxylic acids is 1. The van der Waals surface area contributed by atoms with Gasteiger partial charge in [0.2, 0.25) is 5.91 Å². The van der Waals surface area contributed by atoms with Crippen LogP contribution in [0.15, 0.2) is 54.6 Å². The Labute approximate surface area is 148 Å². The normalized spacial score (nSPS) is 11.2. The van der Waals surface area contributed by atoms with Crippen LogP contribution in [0.25, 0.3) is 11.0 Å². The molecule has 3 rings (SSSR count). The van der Waals surface area contributed by atoms with E-state index in [2.05, 4.69) is 41.9 Å². The van der Waals surface area contributed by atoms with Gasteiger partial charge in [0.05, 0.1) is 11.0 Å². The van der Waals surface area contributed by atoms with E-state index in [1.165, 1.54) is 5.56 Å². The standard InChI is InChI=1S/C21H25N3O/c1-16(2)24-19-11-7-6-10-18(19)23-20(24)14-15-22-21(25)13-12-17-8-4-3-5-9-17/h3-11,16H,12-15H2,1-2H3,(H,22,25). The fraction of sp³-hybridized carbons (Fsp3) is 0.333. The topological polar surface area (TPSA) is 46.9 Å². The molecule has 2 aromatic carbocycles. The second-order valence-corrected chi connectivity index (χ2v) is 6.57. The predicted octanol–water partition coefficient (Wildman–Crippen LogP) is 3.91. The highest BCUT2D eigenvalue weighted by molar-refractivity contribution is 5.77. The van der Waals surface area contributed by atoms with E-state index < -0.39 is 0 Å². The highest BCUT2D eigenvalue weighted by atomic mass is 16.1. The van der Waals surface area contributed by atoms with Gasteiger partial charge in [-0.3, -0.25) is 4.79 Å². The zero-order valence-corrected chi connectivity index (χ0v) is 14.9. The van der Waals surface area contributed by atoms with Crippen LogP contribution < -0.4 is 5.32 Å². The number of benzene rings is 2. The predicted molar refractivity (Wildman–Crippen MR) is 102 cm³/mol. The van der Waals surface area contributed by atoms with Crippen LogP contribution in [0, 0.1) is 0 Å². The monoisotopic (exact) mass is 335 g/mol. The molecule has 0 unspecified atom stereocenters. The van der Waals surface area contributed by atoms with E-state index in [0.717, 1.165) is 29.7 Å². The minimum atomic E-state index is 0.0936. The maximum atomic E-state index is 12.1. The Morgan fingerprint density at radius 3 is 2.52 bits per heavy atom. The van der Waals surface area contributed by atoms with E-state index in [1.54, 1.807) is 0 Å². The van der Waals surface area contributed by atoms with Gasteiger partial charge in [0.25, 0.3) is 0 Å². The lowest BCUT2D eigenvalue weighted by molar-refractivity contribution is -0.121. The summed E-state index contributed by atoms with van der Waals surface area (Å²) in [4.78, 5) is 16.8. The van der Waals surface area contributed by atoms with Crippen molar-refractivity contribution in [3.8, 4) is 0 Å². The van der Waals surface area contributed by atoms with Gasteiger partial charge in [-0.1, -0.05) is 42.5 Å². The maximum absolute atomic E-state index is 12.1. The van der Waals surface area contributed by atoms with Crippen molar-refractivity contribution in [1.82, 2.24) is 14.9 Å². The molecular weight excluding hydrogens is 310 g/mol. The minimum Gasteiger partial charge on any atom is -0.356 e. The van der Waals surface area contributed by atoms with Crippen molar-refractivity contribution in [2.24, 2.45) is 0 Å². The highest BCUT2D eigenvalue weighted by Gasteiger charge is 2.12. The summed E-state index contributed by atoms with van der Waals surface area (Å²) in [6.45, 7) is 4.94. The maximum Gasteiger partial charge on any atom is 0.220 e. The fourth-order valence-corrected chi connectivity index (χ4v) is 3.15. The lowest BCUT2D eigenvalue weighted by Gasteiger charge is -2.13. The third-order valence-corrected chi connectivity index (χ3v) is 4.34. The van der Waals surface area contributed by atoms with Gasteiger partial charge in [-0.15, -0.1) is 0 Å². The summed E-state index contributed by atoms with van der Waals surface area (Å²) >= 11 is 0. The van der Waals surface area contributed by atoms with Gasteiger partial charge in [-0.05, 0) is 38.0 Å². The quantitative estimate of drug-likeness (QED) is 0.711. The van der Waals surface area contributed by atoms with Crippen LogP contribution in [0.2, 0.25) is 0 Å². The number of nitrogens with one attached hydrogen (secondary N) is 1. The van der Waals surface area contributed by atoms with Crippen molar-refractivity contribution in [3.63, 3.8) is 0 Å². The zero-order chi connectivity index (χ0) is 17.6. The number of hydrogen-bond acceptors (Lipinski definition) is 2. The first kappa shape index (κ1) is 17.2. The number of carbonyl (C=O) groups is 1. The summed E-state index contributed by atoms with van der Waals surface area (Å²) in [6.07, 6.45) is 2.03. The summed E-state index contributed by atoms with van der Waals surface area (Å²) in [6, 6.07) is 18.6. The third-order valence-electron chi connectivity index (χ3n) is 4.34. The fourth-order valence-electron chi connectivity index (χ4n) is 3.15. The molecule has 25 heavy (non-hydrogen) atoms. The molecule has 0 bridgehead atoms. The molecule has 0 saturated carbocycles. The van der Waals surface area contributed by atoms with Gasteiger partial charge in [-0.2, -0.15) is 0 Å². The molecule has 1 heterocycles. The van der Waals surface area contributed by atoms with Crippen LogP contribution in [0.5, 0.6) is 0 Å². The molecule has 0 radical (unpaired) electrons. The van der Waals surface area contributed by atoms with Crippen LogP contribution in [0.3, 0.4) is 0 Å². The van der Waals surface area contributed by atoms with Gasteiger partial charge < -0.3 is 9.88 Å². The van der Waals surface area contributed by atoms with Crippen LogP contribution >= 0.6 is 0 Å². The average Bonchev–Trinajstić information content (AvgIpc) is 2.99. The number of nitrogens with zero attached hydrogens (tertiary/aromatic N) is 2. The molecule has 1 N–H and O–H groups in total. The Bertz CT molecular complexity index is 837. The van der Waals surface area contributed by atoms with E-state index in [0.29, 0.717) is 19.0 Å². The van der Waals surface area contributed by atoms with Crippen molar-refractivity contribution >= 4 is 16.9 Å². The molecule has 0 fully saturated rings. The minimum absolute atomic E-state index is 0.0936. The number of imidazole rings is 1. The Balaban J connectivity index is 1.56. The molecule has 4 heteroatoms. The molecule has 3 aromatic rings. The first-order chi connectivity index (χ1) is 12.1. The SMILES string of the molecule is CC(C)n1c(CCNC(=O)CCc2ccccc2)nc2ccccc21. The second-order valence-electron chi connectivity index (χ2n) is 6.57. The summed E-state index contributed by atoms with van der Waals surface area (Å²) in [7, 11) is 0. The Morgan fingerprint density at radius 1 is 1.04 bits per heavy atom. The number of aryl methyl sites for hydroxylation is 1. The number of fused-ring (bicyclic) bond motifs is 1. The summed E-state index contributed by atoms with van der Waals surface area (Å²) in [5.74, 6) is 1.12. The van der Waals surface area contributed by atoms with Crippen molar-refractivity contribution in [1.29, 1.82) is 0 Å². The lowest BCUT2D eigenvalue weighted by atomic mass is 10.1. The first-order valence-electron chi connectivity index (χ1n) is 8.91. The molecule has 0 aliphatic carbocycles. The average molecular weight is 335 g/mol. The molecule has 0 spiro atoms. The Morgan fingerprint density at radius 2 is 1.76 bits per heavy atom. The molecule has 1 aromatic heterocycles. The van der Waals surface area contributed by atoms with E-state index in [1.807, 2.05) is 36.4 Å².